The van der Waals surface area contributed by atoms with Crippen molar-refractivity contribution < 1.29 is 4.79 Å². The number of nitrogens with zero attached hydrogens (tertiary/aromatic N) is 2. The van der Waals surface area contributed by atoms with Gasteiger partial charge in [-0.15, -0.1) is 0 Å². The molecule has 5 nitrogen and oxygen atoms in total. The third-order valence-electron chi connectivity index (χ3n) is 4.25. The number of hydrogen-bond donors (Lipinski definition) is 2. The molecule has 0 aliphatic rings. The normalized spacial score (nSPS) is 11.7. The van der Waals surface area contributed by atoms with Crippen molar-refractivity contribution in [2.24, 2.45) is 0 Å². The second-order valence-corrected chi connectivity index (χ2v) is 6.77. The molecule has 6 heteroatoms. The first-order valence-corrected chi connectivity index (χ1v) is 9.05. The monoisotopic (exact) mass is 380 g/mol. The lowest BCUT2D eigenvalue weighted by atomic mass is 10.1. The first kappa shape index (κ1) is 18.9. The predicted molar refractivity (Wildman–Crippen MR) is 109 cm³/mol. The van der Waals surface area contributed by atoms with Gasteiger partial charge in [0.1, 0.15) is 5.69 Å². The van der Waals surface area contributed by atoms with Crippen LogP contribution in [0.15, 0.2) is 54.6 Å². The lowest BCUT2D eigenvalue weighted by Gasteiger charge is -2.15. The van der Waals surface area contributed by atoms with Gasteiger partial charge < -0.3 is 10.6 Å². The Labute approximate surface area is 163 Å². The van der Waals surface area contributed by atoms with E-state index in [2.05, 4.69) is 20.6 Å². The van der Waals surface area contributed by atoms with Gasteiger partial charge in [0.15, 0.2) is 0 Å². The first-order valence-electron chi connectivity index (χ1n) is 8.67. The summed E-state index contributed by atoms with van der Waals surface area (Å²) in [6, 6.07) is 17.1. The van der Waals surface area contributed by atoms with E-state index in [0.717, 1.165) is 11.1 Å². The van der Waals surface area contributed by atoms with Crippen molar-refractivity contribution in [3.05, 3.63) is 82.1 Å². The van der Waals surface area contributed by atoms with Gasteiger partial charge in [-0.25, -0.2) is 9.97 Å². The van der Waals surface area contributed by atoms with Crippen molar-refractivity contribution in [3.8, 4) is 0 Å². The molecule has 1 atom stereocenters. The Kier molecular flexibility index (Phi) is 5.72. The number of hydrogen-bond acceptors (Lipinski definition) is 4. The predicted octanol–water partition coefficient (Wildman–Crippen LogP) is 5.17. The van der Waals surface area contributed by atoms with Gasteiger partial charge in [0.25, 0.3) is 5.91 Å². The number of aromatic nitrogens is 2. The molecule has 1 unspecified atom stereocenters. The highest BCUT2D eigenvalue weighted by atomic mass is 35.5. The van der Waals surface area contributed by atoms with Crippen LogP contribution in [0.4, 0.5) is 11.6 Å². The second kappa shape index (κ2) is 8.18. The zero-order valence-corrected chi connectivity index (χ0v) is 16.2. The Morgan fingerprint density at radius 3 is 2.52 bits per heavy atom. The van der Waals surface area contributed by atoms with Crippen molar-refractivity contribution in [1.82, 2.24) is 9.97 Å². The number of aryl methyl sites for hydroxylation is 1. The minimum absolute atomic E-state index is 0.0130. The van der Waals surface area contributed by atoms with Crippen LogP contribution in [-0.2, 0) is 0 Å². The molecule has 0 aliphatic carbocycles. The van der Waals surface area contributed by atoms with E-state index in [0.29, 0.717) is 28.0 Å². The lowest BCUT2D eigenvalue weighted by molar-refractivity contribution is 0.102. The summed E-state index contributed by atoms with van der Waals surface area (Å²) in [6.07, 6.45) is 0. The SMILES string of the molecule is Cc1cc(C(=O)Nc2cccc(Cl)c2C)nc(NC(C)c2ccccc2)n1. The Balaban J connectivity index is 1.80. The maximum Gasteiger partial charge on any atom is 0.274 e. The largest absolute Gasteiger partial charge is 0.348 e. The number of carbonyl (C=O) groups is 1. The van der Waals surface area contributed by atoms with Crippen molar-refractivity contribution in [3.63, 3.8) is 0 Å². The van der Waals surface area contributed by atoms with Crippen LogP contribution in [0, 0.1) is 13.8 Å². The summed E-state index contributed by atoms with van der Waals surface area (Å²) < 4.78 is 0. The topological polar surface area (TPSA) is 66.9 Å². The number of amides is 1. The summed E-state index contributed by atoms with van der Waals surface area (Å²) in [4.78, 5) is 21.4. The molecular weight excluding hydrogens is 360 g/mol. The van der Waals surface area contributed by atoms with Crippen molar-refractivity contribution in [2.45, 2.75) is 26.8 Å². The molecule has 3 aromatic rings. The summed E-state index contributed by atoms with van der Waals surface area (Å²) in [5, 5.41) is 6.72. The van der Waals surface area contributed by atoms with E-state index in [9.17, 15) is 4.79 Å². The first-order chi connectivity index (χ1) is 12.9. The Morgan fingerprint density at radius 1 is 1.04 bits per heavy atom. The quantitative estimate of drug-likeness (QED) is 0.640. The number of nitrogens with one attached hydrogen (secondary N) is 2. The number of benzene rings is 2. The van der Waals surface area contributed by atoms with Gasteiger partial charge >= 0.3 is 0 Å². The van der Waals surface area contributed by atoms with Gasteiger partial charge in [-0.1, -0.05) is 48.0 Å². The number of halogens is 1. The van der Waals surface area contributed by atoms with Gasteiger partial charge in [-0.3, -0.25) is 4.79 Å². The highest BCUT2D eigenvalue weighted by molar-refractivity contribution is 6.31. The molecule has 27 heavy (non-hydrogen) atoms. The molecule has 0 fully saturated rings. The summed E-state index contributed by atoms with van der Waals surface area (Å²) in [6.45, 7) is 5.72. The molecule has 0 spiro atoms. The van der Waals surface area contributed by atoms with Crippen molar-refractivity contribution in [2.75, 3.05) is 10.6 Å². The van der Waals surface area contributed by atoms with E-state index in [1.54, 1.807) is 18.2 Å². The van der Waals surface area contributed by atoms with E-state index in [-0.39, 0.29) is 11.9 Å². The zero-order chi connectivity index (χ0) is 19.4. The summed E-state index contributed by atoms with van der Waals surface area (Å²) in [7, 11) is 0. The average molecular weight is 381 g/mol. The van der Waals surface area contributed by atoms with Crippen molar-refractivity contribution in [1.29, 1.82) is 0 Å². The van der Waals surface area contributed by atoms with Crippen LogP contribution in [0.5, 0.6) is 0 Å². The number of anilines is 2. The van der Waals surface area contributed by atoms with Crippen LogP contribution in [-0.4, -0.2) is 15.9 Å². The van der Waals surface area contributed by atoms with Gasteiger partial charge in [0.2, 0.25) is 5.95 Å². The van der Waals surface area contributed by atoms with E-state index in [1.807, 2.05) is 57.2 Å². The van der Waals surface area contributed by atoms with Gasteiger partial charge in [-0.05, 0) is 50.1 Å². The maximum absolute atomic E-state index is 12.7. The molecule has 0 saturated heterocycles. The zero-order valence-electron chi connectivity index (χ0n) is 15.5. The van der Waals surface area contributed by atoms with Crippen LogP contribution in [0.1, 0.15) is 40.3 Å². The molecule has 1 amide bonds. The van der Waals surface area contributed by atoms with E-state index in [4.69, 9.17) is 11.6 Å². The Bertz CT molecular complexity index is 960. The fraction of sp³-hybridized carbons (Fsp3) is 0.190. The molecule has 0 radical (unpaired) electrons. The fourth-order valence-electron chi connectivity index (χ4n) is 2.70. The maximum atomic E-state index is 12.7. The third-order valence-corrected chi connectivity index (χ3v) is 4.66. The molecule has 2 N–H and O–H groups in total. The number of rotatable bonds is 5. The summed E-state index contributed by atoms with van der Waals surface area (Å²) in [5.41, 5.74) is 3.60. The minimum atomic E-state index is -0.304. The average Bonchev–Trinajstić information content (AvgIpc) is 2.65. The molecule has 1 aromatic heterocycles. The van der Waals surface area contributed by atoms with E-state index >= 15 is 0 Å². The molecule has 1 heterocycles. The molecule has 3 rings (SSSR count). The number of carbonyl (C=O) groups excluding carboxylic acids is 1. The highest BCUT2D eigenvalue weighted by Gasteiger charge is 2.14. The van der Waals surface area contributed by atoms with Crippen LogP contribution >= 0.6 is 11.6 Å². The standard InChI is InChI=1S/C21H21ClN4O/c1-13-12-19(20(27)25-18-11-7-10-17(22)14(18)2)26-21(23-13)24-15(3)16-8-5-4-6-9-16/h4-12,15H,1-3H3,(H,25,27)(H,23,24,26). The third kappa shape index (κ3) is 4.63. The molecule has 2 aromatic carbocycles. The summed E-state index contributed by atoms with van der Waals surface area (Å²) >= 11 is 6.12. The Hall–Kier alpha value is -2.92. The molecular formula is C21H21ClN4O. The van der Waals surface area contributed by atoms with Gasteiger partial charge in [-0.2, -0.15) is 0 Å². The van der Waals surface area contributed by atoms with Crippen LogP contribution in [0.25, 0.3) is 0 Å². The molecule has 0 saturated carbocycles. The minimum Gasteiger partial charge on any atom is -0.348 e. The van der Waals surface area contributed by atoms with E-state index < -0.39 is 0 Å². The Morgan fingerprint density at radius 2 is 1.78 bits per heavy atom. The molecule has 0 aliphatic heterocycles. The summed E-state index contributed by atoms with van der Waals surface area (Å²) in [5.74, 6) is 0.112. The molecule has 0 bridgehead atoms. The van der Waals surface area contributed by atoms with Crippen LogP contribution in [0.2, 0.25) is 5.02 Å². The van der Waals surface area contributed by atoms with E-state index in [1.165, 1.54) is 0 Å². The fourth-order valence-corrected chi connectivity index (χ4v) is 2.87. The van der Waals surface area contributed by atoms with Crippen molar-refractivity contribution >= 4 is 29.1 Å². The van der Waals surface area contributed by atoms with Crippen LogP contribution in [0.3, 0.4) is 0 Å². The van der Waals surface area contributed by atoms with Gasteiger partial charge in [0, 0.05) is 16.4 Å². The lowest BCUT2D eigenvalue weighted by Crippen LogP contribution is -2.17. The van der Waals surface area contributed by atoms with Crippen LogP contribution < -0.4 is 10.6 Å². The van der Waals surface area contributed by atoms with Gasteiger partial charge in [0.05, 0.1) is 6.04 Å². The second-order valence-electron chi connectivity index (χ2n) is 6.36. The molecule has 138 valence electrons. The highest BCUT2D eigenvalue weighted by Crippen LogP contribution is 2.23. The smallest absolute Gasteiger partial charge is 0.274 e.